The molecular formula is C18H16ClN3O2. The van der Waals surface area contributed by atoms with Gasteiger partial charge >= 0.3 is 0 Å². The number of amides is 1. The number of fused-ring (bicyclic) bond motifs is 1. The molecule has 0 aliphatic carbocycles. The molecule has 24 heavy (non-hydrogen) atoms. The molecule has 2 N–H and O–H groups in total. The maximum absolute atomic E-state index is 12.0. The van der Waals surface area contributed by atoms with Crippen LogP contribution < -0.4 is 10.9 Å². The number of rotatable bonds is 5. The van der Waals surface area contributed by atoms with Crippen molar-refractivity contribution in [2.45, 2.75) is 12.8 Å². The lowest BCUT2D eigenvalue weighted by Gasteiger charge is -2.06. The standard InChI is InChI=1S/C18H16ClN3O2/c19-13-7-5-12(6-8-13)11-17(23)20-10-9-16-21-15-4-2-1-3-14(15)18(24)22-16/h1-8H,9-11H2,(H,20,23)(H,21,22,24). The first-order chi connectivity index (χ1) is 11.6. The number of carbonyl (C=O) groups is 1. The third-order valence-corrected chi connectivity index (χ3v) is 3.88. The fourth-order valence-corrected chi connectivity index (χ4v) is 2.55. The van der Waals surface area contributed by atoms with E-state index in [2.05, 4.69) is 15.3 Å². The molecule has 0 saturated carbocycles. The van der Waals surface area contributed by atoms with E-state index in [0.29, 0.717) is 41.1 Å². The SMILES string of the molecule is O=C(Cc1ccc(Cl)cc1)NCCc1nc2ccccc2c(=O)[nH]1. The Morgan fingerprint density at radius 2 is 1.88 bits per heavy atom. The minimum atomic E-state index is -0.164. The van der Waals surface area contributed by atoms with Gasteiger partial charge in [0.25, 0.3) is 5.56 Å². The van der Waals surface area contributed by atoms with E-state index < -0.39 is 0 Å². The lowest BCUT2D eigenvalue weighted by molar-refractivity contribution is -0.120. The predicted octanol–water partition coefficient (Wildman–Crippen LogP) is 2.48. The number of H-pyrrole nitrogens is 1. The lowest BCUT2D eigenvalue weighted by Crippen LogP contribution is -2.28. The molecule has 1 aromatic heterocycles. The Morgan fingerprint density at radius 3 is 2.67 bits per heavy atom. The number of hydrogen-bond donors (Lipinski definition) is 2. The largest absolute Gasteiger partial charge is 0.355 e. The molecule has 0 atom stereocenters. The van der Waals surface area contributed by atoms with Gasteiger partial charge in [0.05, 0.1) is 17.3 Å². The topological polar surface area (TPSA) is 74.8 Å². The average Bonchev–Trinajstić information content (AvgIpc) is 2.57. The van der Waals surface area contributed by atoms with Crippen LogP contribution in [0.5, 0.6) is 0 Å². The quantitative estimate of drug-likeness (QED) is 0.748. The van der Waals surface area contributed by atoms with Gasteiger partial charge in [0.2, 0.25) is 5.91 Å². The number of halogens is 1. The lowest BCUT2D eigenvalue weighted by atomic mass is 10.1. The summed E-state index contributed by atoms with van der Waals surface area (Å²) < 4.78 is 0. The Balaban J connectivity index is 1.57. The van der Waals surface area contributed by atoms with Gasteiger partial charge in [-0.15, -0.1) is 0 Å². The summed E-state index contributed by atoms with van der Waals surface area (Å²) in [5.74, 6) is 0.478. The second kappa shape index (κ2) is 7.27. The van der Waals surface area contributed by atoms with Gasteiger partial charge in [-0.2, -0.15) is 0 Å². The van der Waals surface area contributed by atoms with E-state index in [4.69, 9.17) is 11.6 Å². The maximum atomic E-state index is 12.0. The fraction of sp³-hybridized carbons (Fsp3) is 0.167. The van der Waals surface area contributed by atoms with Crippen LogP contribution in [0.4, 0.5) is 0 Å². The van der Waals surface area contributed by atoms with E-state index in [1.165, 1.54) is 0 Å². The van der Waals surface area contributed by atoms with E-state index in [1.807, 2.05) is 18.2 Å². The Hall–Kier alpha value is -2.66. The molecule has 0 aliphatic heterocycles. The van der Waals surface area contributed by atoms with Gasteiger partial charge in [-0.25, -0.2) is 4.98 Å². The Labute approximate surface area is 143 Å². The molecule has 2 aromatic carbocycles. The molecule has 1 heterocycles. The van der Waals surface area contributed by atoms with Crippen LogP contribution in [0, 0.1) is 0 Å². The smallest absolute Gasteiger partial charge is 0.258 e. The van der Waals surface area contributed by atoms with Crippen molar-refractivity contribution in [3.05, 3.63) is 75.3 Å². The average molecular weight is 342 g/mol. The number of aromatic amines is 1. The van der Waals surface area contributed by atoms with Crippen LogP contribution in [0.1, 0.15) is 11.4 Å². The first kappa shape index (κ1) is 16.2. The molecule has 5 nitrogen and oxygen atoms in total. The third-order valence-electron chi connectivity index (χ3n) is 3.62. The molecule has 0 unspecified atom stereocenters. The Bertz CT molecular complexity index is 919. The summed E-state index contributed by atoms with van der Waals surface area (Å²) in [7, 11) is 0. The number of hydrogen-bond acceptors (Lipinski definition) is 3. The highest BCUT2D eigenvalue weighted by Crippen LogP contribution is 2.10. The Kier molecular flexibility index (Phi) is 4.91. The van der Waals surface area contributed by atoms with Crippen molar-refractivity contribution in [3.8, 4) is 0 Å². The van der Waals surface area contributed by atoms with Crippen molar-refractivity contribution in [2.24, 2.45) is 0 Å². The molecule has 6 heteroatoms. The zero-order valence-electron chi connectivity index (χ0n) is 12.9. The molecular weight excluding hydrogens is 326 g/mol. The summed E-state index contributed by atoms with van der Waals surface area (Å²) in [6, 6.07) is 14.3. The van der Waals surface area contributed by atoms with Crippen molar-refractivity contribution in [1.82, 2.24) is 15.3 Å². The number of para-hydroxylation sites is 1. The molecule has 0 bridgehead atoms. The van der Waals surface area contributed by atoms with E-state index in [-0.39, 0.29) is 11.5 Å². The monoisotopic (exact) mass is 341 g/mol. The number of nitrogens with zero attached hydrogens (tertiary/aromatic N) is 1. The highest BCUT2D eigenvalue weighted by molar-refractivity contribution is 6.30. The van der Waals surface area contributed by atoms with E-state index in [1.54, 1.807) is 30.3 Å². The fourth-order valence-electron chi connectivity index (χ4n) is 2.42. The molecule has 3 rings (SSSR count). The molecule has 0 saturated heterocycles. The van der Waals surface area contributed by atoms with Crippen LogP contribution >= 0.6 is 11.6 Å². The highest BCUT2D eigenvalue weighted by atomic mass is 35.5. The van der Waals surface area contributed by atoms with Gasteiger partial charge in [-0.1, -0.05) is 35.9 Å². The van der Waals surface area contributed by atoms with Gasteiger partial charge in [0.1, 0.15) is 5.82 Å². The molecule has 1 amide bonds. The minimum absolute atomic E-state index is 0.0829. The van der Waals surface area contributed by atoms with Crippen LogP contribution in [0.15, 0.2) is 53.3 Å². The molecule has 0 radical (unpaired) electrons. The summed E-state index contributed by atoms with van der Waals surface area (Å²) in [4.78, 5) is 31.1. The van der Waals surface area contributed by atoms with Crippen LogP contribution in [0.3, 0.4) is 0 Å². The third kappa shape index (κ3) is 4.00. The zero-order chi connectivity index (χ0) is 16.9. The molecule has 0 spiro atoms. The van der Waals surface area contributed by atoms with Crippen LogP contribution in [-0.2, 0) is 17.6 Å². The number of nitrogens with one attached hydrogen (secondary N) is 2. The number of aromatic nitrogens is 2. The van der Waals surface area contributed by atoms with Crippen molar-refractivity contribution in [2.75, 3.05) is 6.54 Å². The van der Waals surface area contributed by atoms with Crippen LogP contribution in [0.25, 0.3) is 10.9 Å². The van der Waals surface area contributed by atoms with Gasteiger partial charge < -0.3 is 10.3 Å². The van der Waals surface area contributed by atoms with Gasteiger partial charge in [0.15, 0.2) is 0 Å². The number of benzene rings is 2. The summed E-state index contributed by atoms with van der Waals surface area (Å²) in [6.45, 7) is 0.410. The van der Waals surface area contributed by atoms with Crippen molar-refractivity contribution in [3.63, 3.8) is 0 Å². The first-order valence-electron chi connectivity index (χ1n) is 7.61. The first-order valence-corrected chi connectivity index (χ1v) is 7.99. The summed E-state index contributed by atoms with van der Waals surface area (Å²) >= 11 is 5.82. The summed E-state index contributed by atoms with van der Waals surface area (Å²) in [5.41, 5.74) is 1.39. The van der Waals surface area contributed by atoms with Crippen molar-refractivity contribution >= 4 is 28.4 Å². The van der Waals surface area contributed by atoms with Crippen molar-refractivity contribution < 1.29 is 4.79 Å². The maximum Gasteiger partial charge on any atom is 0.258 e. The van der Waals surface area contributed by atoms with Gasteiger partial charge in [-0.3, -0.25) is 9.59 Å². The van der Waals surface area contributed by atoms with E-state index in [9.17, 15) is 9.59 Å². The van der Waals surface area contributed by atoms with Crippen LogP contribution in [-0.4, -0.2) is 22.4 Å². The minimum Gasteiger partial charge on any atom is -0.355 e. The second-order valence-electron chi connectivity index (χ2n) is 5.43. The zero-order valence-corrected chi connectivity index (χ0v) is 13.6. The van der Waals surface area contributed by atoms with Crippen LogP contribution in [0.2, 0.25) is 5.02 Å². The van der Waals surface area contributed by atoms with E-state index >= 15 is 0 Å². The highest BCUT2D eigenvalue weighted by Gasteiger charge is 2.06. The molecule has 122 valence electrons. The van der Waals surface area contributed by atoms with Crippen molar-refractivity contribution in [1.29, 1.82) is 0 Å². The molecule has 0 fully saturated rings. The predicted molar refractivity (Wildman–Crippen MR) is 94.2 cm³/mol. The number of carbonyl (C=O) groups excluding carboxylic acids is 1. The van der Waals surface area contributed by atoms with Gasteiger partial charge in [-0.05, 0) is 29.8 Å². The summed E-state index contributed by atoms with van der Waals surface area (Å²) in [6.07, 6.45) is 0.755. The van der Waals surface area contributed by atoms with Gasteiger partial charge in [0, 0.05) is 18.0 Å². The normalized spacial score (nSPS) is 10.7. The molecule has 3 aromatic rings. The second-order valence-corrected chi connectivity index (χ2v) is 5.87. The summed E-state index contributed by atoms with van der Waals surface area (Å²) in [5, 5.41) is 4.03. The molecule has 0 aliphatic rings. The Morgan fingerprint density at radius 1 is 1.12 bits per heavy atom. The van der Waals surface area contributed by atoms with E-state index in [0.717, 1.165) is 5.56 Å².